The van der Waals surface area contributed by atoms with Crippen molar-refractivity contribution < 1.29 is 14.7 Å². The Bertz CT molecular complexity index is 501. The van der Waals surface area contributed by atoms with Crippen LogP contribution in [0.2, 0.25) is 5.02 Å². The second kappa shape index (κ2) is 8.39. The third kappa shape index (κ3) is 6.48. The number of carboxylic acids is 1. The van der Waals surface area contributed by atoms with E-state index in [1.54, 1.807) is 25.1 Å². The molecular weight excluding hydrogens is 358 g/mol. The average Bonchev–Trinajstić information content (AvgIpc) is 2.37. The molecule has 0 bridgehead atoms. The molecule has 2 unspecified atom stereocenters. The molecule has 0 aromatic heterocycles. The van der Waals surface area contributed by atoms with Gasteiger partial charge in [-0.05, 0) is 38.0 Å². The fourth-order valence-electron chi connectivity index (χ4n) is 1.92. The summed E-state index contributed by atoms with van der Waals surface area (Å²) in [6.07, 6.45) is 2.11. The highest BCUT2D eigenvalue weighted by Crippen LogP contribution is 2.19. The lowest BCUT2D eigenvalue weighted by Gasteiger charge is -2.15. The number of carbonyl (C=O) groups excluding carboxylic acids is 1. The number of rotatable bonds is 7. The van der Waals surface area contributed by atoms with Gasteiger partial charge in [-0.3, -0.25) is 9.59 Å². The summed E-state index contributed by atoms with van der Waals surface area (Å²) in [5, 5.41) is 12.2. The highest BCUT2D eigenvalue weighted by Gasteiger charge is 2.13. The van der Waals surface area contributed by atoms with Gasteiger partial charge in [-0.2, -0.15) is 0 Å². The lowest BCUT2D eigenvalue weighted by molar-refractivity contribution is -0.141. The summed E-state index contributed by atoms with van der Waals surface area (Å²) in [7, 11) is 0. The molecule has 1 amide bonds. The number of hydrogen-bond donors (Lipinski definition) is 2. The molecule has 0 spiro atoms. The minimum atomic E-state index is -0.782. The lowest BCUT2D eigenvalue weighted by atomic mass is 10.0. The van der Waals surface area contributed by atoms with Crippen LogP contribution in [-0.4, -0.2) is 23.0 Å². The zero-order valence-electron chi connectivity index (χ0n) is 12.0. The number of benzene rings is 1. The maximum atomic E-state index is 12.1. The molecule has 116 valence electrons. The summed E-state index contributed by atoms with van der Waals surface area (Å²) in [5.74, 6) is -1.32. The first-order valence-electron chi connectivity index (χ1n) is 6.79. The van der Waals surface area contributed by atoms with Gasteiger partial charge < -0.3 is 10.4 Å². The first kappa shape index (κ1) is 18.0. The topological polar surface area (TPSA) is 66.4 Å². The van der Waals surface area contributed by atoms with Crippen LogP contribution < -0.4 is 5.32 Å². The summed E-state index contributed by atoms with van der Waals surface area (Å²) in [6, 6.07) is 5.02. The van der Waals surface area contributed by atoms with Crippen molar-refractivity contribution in [2.45, 2.75) is 39.2 Å². The normalized spacial score (nSPS) is 13.5. The third-order valence-electron chi connectivity index (χ3n) is 3.20. The predicted octanol–water partition coefficient (Wildman–Crippen LogP) is 4.11. The largest absolute Gasteiger partial charge is 0.481 e. The molecule has 2 N–H and O–H groups in total. The molecule has 6 heteroatoms. The van der Waals surface area contributed by atoms with Crippen LogP contribution in [0.25, 0.3) is 0 Å². The quantitative estimate of drug-likeness (QED) is 0.752. The van der Waals surface area contributed by atoms with E-state index < -0.39 is 5.97 Å². The van der Waals surface area contributed by atoms with E-state index in [1.165, 1.54) is 0 Å². The van der Waals surface area contributed by atoms with Crippen molar-refractivity contribution in [1.82, 2.24) is 5.32 Å². The highest BCUT2D eigenvalue weighted by atomic mass is 79.9. The monoisotopic (exact) mass is 375 g/mol. The Kier molecular flexibility index (Phi) is 7.18. The smallest absolute Gasteiger partial charge is 0.306 e. The zero-order chi connectivity index (χ0) is 16.0. The summed E-state index contributed by atoms with van der Waals surface area (Å²) < 4.78 is 0.753. The van der Waals surface area contributed by atoms with Crippen LogP contribution in [0.1, 0.15) is 43.5 Å². The van der Waals surface area contributed by atoms with Gasteiger partial charge in [0.25, 0.3) is 5.91 Å². The van der Waals surface area contributed by atoms with Crippen molar-refractivity contribution in [2.75, 3.05) is 0 Å². The second-order valence-electron chi connectivity index (χ2n) is 5.20. The number of carboxylic acid groups (broad SMARTS) is 1. The van der Waals surface area contributed by atoms with Crippen LogP contribution in [0.4, 0.5) is 0 Å². The number of hydrogen-bond acceptors (Lipinski definition) is 2. The van der Waals surface area contributed by atoms with Gasteiger partial charge in [0.05, 0.1) is 5.92 Å². The van der Waals surface area contributed by atoms with Gasteiger partial charge in [0, 0.05) is 21.1 Å². The first-order chi connectivity index (χ1) is 9.79. The molecule has 0 aliphatic carbocycles. The van der Waals surface area contributed by atoms with E-state index in [-0.39, 0.29) is 17.9 Å². The molecule has 0 aliphatic rings. The average molecular weight is 377 g/mol. The molecule has 4 nitrogen and oxygen atoms in total. The van der Waals surface area contributed by atoms with Crippen molar-refractivity contribution in [1.29, 1.82) is 0 Å². The van der Waals surface area contributed by atoms with Gasteiger partial charge in [0.15, 0.2) is 0 Å². The summed E-state index contributed by atoms with van der Waals surface area (Å²) in [6.45, 7) is 3.60. The number of halogens is 2. The molecule has 0 heterocycles. The second-order valence-corrected chi connectivity index (χ2v) is 6.55. The van der Waals surface area contributed by atoms with E-state index in [0.29, 0.717) is 17.0 Å². The van der Waals surface area contributed by atoms with E-state index in [4.69, 9.17) is 16.7 Å². The van der Waals surface area contributed by atoms with Crippen LogP contribution in [0.5, 0.6) is 0 Å². The van der Waals surface area contributed by atoms with Crippen molar-refractivity contribution in [3.05, 3.63) is 33.3 Å². The first-order valence-corrected chi connectivity index (χ1v) is 7.96. The van der Waals surface area contributed by atoms with E-state index >= 15 is 0 Å². The van der Waals surface area contributed by atoms with Gasteiger partial charge in [-0.1, -0.05) is 40.9 Å². The standard InChI is InChI=1S/C15H19BrClNO3/c1-9(15(20)21)4-3-5-10(2)18-14(19)11-6-12(16)8-13(17)7-11/h6-10H,3-5H2,1-2H3,(H,18,19)(H,20,21). The molecule has 1 aromatic rings. The van der Waals surface area contributed by atoms with E-state index in [0.717, 1.165) is 17.3 Å². The molecule has 0 fully saturated rings. The van der Waals surface area contributed by atoms with Crippen LogP contribution in [0, 0.1) is 5.92 Å². The number of carbonyl (C=O) groups is 2. The van der Waals surface area contributed by atoms with Crippen molar-refractivity contribution in [2.24, 2.45) is 5.92 Å². The Balaban J connectivity index is 2.45. The number of amides is 1. The maximum Gasteiger partial charge on any atom is 0.306 e. The van der Waals surface area contributed by atoms with Crippen LogP contribution >= 0.6 is 27.5 Å². The summed E-state index contributed by atoms with van der Waals surface area (Å²) in [4.78, 5) is 22.8. The molecule has 21 heavy (non-hydrogen) atoms. The van der Waals surface area contributed by atoms with Crippen molar-refractivity contribution in [3.8, 4) is 0 Å². The lowest BCUT2D eigenvalue weighted by Crippen LogP contribution is -2.32. The number of aliphatic carboxylic acids is 1. The predicted molar refractivity (Wildman–Crippen MR) is 86.7 cm³/mol. The van der Waals surface area contributed by atoms with E-state index in [2.05, 4.69) is 21.2 Å². The Morgan fingerprint density at radius 1 is 1.29 bits per heavy atom. The van der Waals surface area contributed by atoms with Crippen LogP contribution in [0.3, 0.4) is 0 Å². The van der Waals surface area contributed by atoms with Crippen molar-refractivity contribution >= 4 is 39.4 Å². The molecule has 0 aliphatic heterocycles. The molecule has 2 atom stereocenters. The Labute approximate surface area is 138 Å². The minimum absolute atomic E-state index is 0.0174. The SMILES string of the molecule is CC(CCCC(C)C(=O)O)NC(=O)c1cc(Cl)cc(Br)c1. The minimum Gasteiger partial charge on any atom is -0.481 e. The van der Waals surface area contributed by atoms with Crippen LogP contribution in [-0.2, 0) is 4.79 Å². The van der Waals surface area contributed by atoms with Gasteiger partial charge in [0.2, 0.25) is 0 Å². The fourth-order valence-corrected chi connectivity index (χ4v) is 2.78. The van der Waals surface area contributed by atoms with E-state index in [9.17, 15) is 9.59 Å². The molecular formula is C15H19BrClNO3. The Morgan fingerprint density at radius 2 is 1.95 bits per heavy atom. The highest BCUT2D eigenvalue weighted by molar-refractivity contribution is 9.10. The van der Waals surface area contributed by atoms with Crippen LogP contribution in [0.15, 0.2) is 22.7 Å². The van der Waals surface area contributed by atoms with Gasteiger partial charge >= 0.3 is 5.97 Å². The van der Waals surface area contributed by atoms with Gasteiger partial charge in [-0.15, -0.1) is 0 Å². The molecule has 0 saturated carbocycles. The van der Waals surface area contributed by atoms with Gasteiger partial charge in [-0.25, -0.2) is 0 Å². The van der Waals surface area contributed by atoms with Crippen molar-refractivity contribution in [3.63, 3.8) is 0 Å². The zero-order valence-corrected chi connectivity index (χ0v) is 14.4. The Hall–Kier alpha value is -1.07. The summed E-state index contributed by atoms with van der Waals surface area (Å²) in [5.41, 5.74) is 0.500. The summed E-state index contributed by atoms with van der Waals surface area (Å²) >= 11 is 9.21. The van der Waals surface area contributed by atoms with Gasteiger partial charge in [0.1, 0.15) is 0 Å². The fraction of sp³-hybridized carbons (Fsp3) is 0.467. The maximum absolute atomic E-state index is 12.1. The third-order valence-corrected chi connectivity index (χ3v) is 3.87. The Morgan fingerprint density at radius 3 is 2.52 bits per heavy atom. The van der Waals surface area contributed by atoms with E-state index in [1.807, 2.05) is 6.92 Å². The molecule has 0 saturated heterocycles. The number of nitrogens with one attached hydrogen (secondary N) is 1. The molecule has 0 radical (unpaired) electrons. The molecule has 1 aromatic carbocycles. The molecule has 1 rings (SSSR count).